The van der Waals surface area contributed by atoms with E-state index in [4.69, 9.17) is 4.74 Å². The van der Waals surface area contributed by atoms with Crippen molar-refractivity contribution in [3.8, 4) is 0 Å². The van der Waals surface area contributed by atoms with Crippen LogP contribution in [0, 0.1) is 0 Å². The SMILES string of the molecule is C[C@H]1CN(c2ccn3cncc3c2)C[C@H](C)N1C(=O)OC(C)(C)C. The first-order chi connectivity index (χ1) is 11.2. The molecule has 1 saturated heterocycles. The Morgan fingerprint density at radius 2 is 1.92 bits per heavy atom. The van der Waals surface area contributed by atoms with Gasteiger partial charge in [0.05, 0.1) is 30.1 Å². The van der Waals surface area contributed by atoms with Gasteiger partial charge in [0.1, 0.15) is 5.60 Å². The Balaban J connectivity index is 1.76. The lowest BCUT2D eigenvalue weighted by molar-refractivity contribution is 0.00566. The number of carbonyl (C=O) groups is 1. The van der Waals surface area contributed by atoms with Gasteiger partial charge in [-0.25, -0.2) is 9.78 Å². The van der Waals surface area contributed by atoms with Crippen LogP contribution in [0.2, 0.25) is 0 Å². The quantitative estimate of drug-likeness (QED) is 0.806. The maximum absolute atomic E-state index is 12.5. The summed E-state index contributed by atoms with van der Waals surface area (Å²) in [5.41, 5.74) is 1.76. The molecule has 0 saturated carbocycles. The molecule has 3 rings (SSSR count). The van der Waals surface area contributed by atoms with Gasteiger partial charge in [-0.15, -0.1) is 0 Å². The van der Waals surface area contributed by atoms with Crippen LogP contribution in [0.4, 0.5) is 10.5 Å². The highest BCUT2D eigenvalue weighted by Gasteiger charge is 2.35. The molecule has 0 aliphatic carbocycles. The maximum Gasteiger partial charge on any atom is 0.410 e. The Bertz CT molecular complexity index is 722. The van der Waals surface area contributed by atoms with Crippen molar-refractivity contribution in [2.24, 2.45) is 0 Å². The third-order valence-electron chi connectivity index (χ3n) is 4.29. The number of fused-ring (bicyclic) bond motifs is 1. The summed E-state index contributed by atoms with van der Waals surface area (Å²) in [5.74, 6) is 0. The monoisotopic (exact) mass is 330 g/mol. The first-order valence-corrected chi connectivity index (χ1v) is 8.42. The van der Waals surface area contributed by atoms with Gasteiger partial charge in [-0.1, -0.05) is 0 Å². The van der Waals surface area contributed by atoms with Gasteiger partial charge in [-0.3, -0.25) is 4.90 Å². The van der Waals surface area contributed by atoms with Crippen molar-refractivity contribution < 1.29 is 9.53 Å². The number of ether oxygens (including phenoxy) is 1. The van der Waals surface area contributed by atoms with E-state index in [1.54, 1.807) is 6.33 Å². The topological polar surface area (TPSA) is 50.1 Å². The molecule has 130 valence electrons. The molecule has 1 aliphatic rings. The minimum absolute atomic E-state index is 0.0877. The van der Waals surface area contributed by atoms with Gasteiger partial charge in [0.2, 0.25) is 0 Å². The average Bonchev–Trinajstić information content (AvgIpc) is 2.91. The van der Waals surface area contributed by atoms with Crippen LogP contribution in [0.5, 0.6) is 0 Å². The van der Waals surface area contributed by atoms with Crippen LogP contribution in [-0.4, -0.2) is 51.2 Å². The maximum atomic E-state index is 12.5. The normalized spacial score (nSPS) is 22.0. The summed E-state index contributed by atoms with van der Waals surface area (Å²) in [4.78, 5) is 20.8. The zero-order valence-electron chi connectivity index (χ0n) is 15.1. The minimum Gasteiger partial charge on any atom is -0.444 e. The lowest BCUT2D eigenvalue weighted by atomic mass is 10.1. The van der Waals surface area contributed by atoms with Crippen LogP contribution in [-0.2, 0) is 4.74 Å². The molecule has 3 heterocycles. The van der Waals surface area contributed by atoms with Gasteiger partial charge in [-0.05, 0) is 46.8 Å². The average molecular weight is 330 g/mol. The van der Waals surface area contributed by atoms with E-state index in [-0.39, 0.29) is 18.2 Å². The Morgan fingerprint density at radius 3 is 2.54 bits per heavy atom. The van der Waals surface area contributed by atoms with Crippen molar-refractivity contribution in [2.45, 2.75) is 52.3 Å². The molecule has 0 radical (unpaired) electrons. The van der Waals surface area contributed by atoms with Crippen molar-refractivity contribution >= 4 is 17.3 Å². The van der Waals surface area contributed by atoms with Gasteiger partial charge >= 0.3 is 6.09 Å². The second-order valence-corrected chi connectivity index (χ2v) is 7.60. The van der Waals surface area contributed by atoms with Crippen LogP contribution < -0.4 is 4.90 Å². The highest BCUT2D eigenvalue weighted by molar-refractivity contribution is 5.70. The first-order valence-electron chi connectivity index (χ1n) is 8.42. The summed E-state index contributed by atoms with van der Waals surface area (Å²) in [5, 5.41) is 0. The van der Waals surface area contributed by atoms with Crippen molar-refractivity contribution in [2.75, 3.05) is 18.0 Å². The largest absolute Gasteiger partial charge is 0.444 e. The predicted octanol–water partition coefficient (Wildman–Crippen LogP) is 3.17. The summed E-state index contributed by atoms with van der Waals surface area (Å²) in [7, 11) is 0. The second-order valence-electron chi connectivity index (χ2n) is 7.60. The van der Waals surface area contributed by atoms with E-state index in [0.29, 0.717) is 0 Å². The molecule has 0 N–H and O–H groups in total. The van der Waals surface area contributed by atoms with E-state index in [1.165, 1.54) is 0 Å². The molecule has 0 unspecified atom stereocenters. The van der Waals surface area contributed by atoms with Crippen LogP contribution in [0.3, 0.4) is 0 Å². The molecule has 0 bridgehead atoms. The molecule has 6 nitrogen and oxygen atoms in total. The fourth-order valence-electron chi connectivity index (χ4n) is 3.31. The molecule has 1 fully saturated rings. The molecule has 1 amide bonds. The predicted molar refractivity (Wildman–Crippen MR) is 94.4 cm³/mol. The van der Waals surface area contributed by atoms with Gasteiger partial charge in [0.15, 0.2) is 0 Å². The number of nitrogens with zero attached hydrogens (tertiary/aromatic N) is 4. The number of pyridine rings is 1. The molecule has 0 spiro atoms. The standard InChI is InChI=1S/C18H26N4O2/c1-13-10-21(15-6-7-20-12-19-9-16(20)8-15)11-14(2)22(13)17(23)24-18(3,4)5/h6-9,12-14H,10-11H2,1-5H3/t13-,14-/m0/s1. The van der Waals surface area contributed by atoms with E-state index < -0.39 is 5.60 Å². The number of imidazole rings is 1. The van der Waals surface area contributed by atoms with E-state index in [9.17, 15) is 4.79 Å². The number of carbonyl (C=O) groups excluding carboxylic acids is 1. The molecular formula is C18H26N4O2. The number of aromatic nitrogens is 2. The number of hydrogen-bond donors (Lipinski definition) is 0. The molecular weight excluding hydrogens is 304 g/mol. The highest BCUT2D eigenvalue weighted by Crippen LogP contribution is 2.25. The number of rotatable bonds is 1. The van der Waals surface area contributed by atoms with Crippen LogP contribution in [0.25, 0.3) is 5.52 Å². The second kappa shape index (κ2) is 6.00. The zero-order valence-corrected chi connectivity index (χ0v) is 15.1. The van der Waals surface area contributed by atoms with Crippen molar-refractivity contribution in [3.05, 3.63) is 30.9 Å². The Hall–Kier alpha value is -2.24. The fourth-order valence-corrected chi connectivity index (χ4v) is 3.31. The Labute approximate surface area is 143 Å². The van der Waals surface area contributed by atoms with Crippen LogP contribution >= 0.6 is 0 Å². The molecule has 24 heavy (non-hydrogen) atoms. The minimum atomic E-state index is -0.472. The summed E-state index contributed by atoms with van der Waals surface area (Å²) >= 11 is 0. The summed E-state index contributed by atoms with van der Waals surface area (Å²) in [6, 6.07) is 4.40. The van der Waals surface area contributed by atoms with E-state index >= 15 is 0 Å². The van der Waals surface area contributed by atoms with Gasteiger partial charge < -0.3 is 14.0 Å². The number of piperazine rings is 1. The molecule has 0 aromatic carbocycles. The van der Waals surface area contributed by atoms with Crippen molar-refractivity contribution in [1.82, 2.24) is 14.3 Å². The van der Waals surface area contributed by atoms with Gasteiger partial charge in [0, 0.05) is 25.0 Å². The number of hydrogen-bond acceptors (Lipinski definition) is 4. The summed E-state index contributed by atoms with van der Waals surface area (Å²) in [6.45, 7) is 11.4. The van der Waals surface area contributed by atoms with Gasteiger partial charge in [0.25, 0.3) is 0 Å². The van der Waals surface area contributed by atoms with Crippen molar-refractivity contribution in [3.63, 3.8) is 0 Å². The molecule has 2 aromatic rings. The lowest BCUT2D eigenvalue weighted by Gasteiger charge is -2.45. The first kappa shape index (κ1) is 16.6. The molecule has 2 atom stereocenters. The molecule has 1 aliphatic heterocycles. The fraction of sp³-hybridized carbons (Fsp3) is 0.556. The summed E-state index contributed by atoms with van der Waals surface area (Å²) < 4.78 is 7.56. The van der Waals surface area contributed by atoms with E-state index in [0.717, 1.165) is 24.3 Å². The highest BCUT2D eigenvalue weighted by atomic mass is 16.6. The third kappa shape index (κ3) is 3.32. The number of amides is 1. The smallest absolute Gasteiger partial charge is 0.410 e. The Kier molecular flexibility index (Phi) is 4.15. The zero-order chi connectivity index (χ0) is 17.5. The van der Waals surface area contributed by atoms with Gasteiger partial charge in [-0.2, -0.15) is 0 Å². The molecule has 2 aromatic heterocycles. The third-order valence-corrected chi connectivity index (χ3v) is 4.29. The van der Waals surface area contributed by atoms with Crippen molar-refractivity contribution in [1.29, 1.82) is 0 Å². The van der Waals surface area contributed by atoms with Crippen LogP contribution in [0.15, 0.2) is 30.9 Å². The van der Waals surface area contributed by atoms with E-state index in [2.05, 4.69) is 35.9 Å². The van der Waals surface area contributed by atoms with E-state index in [1.807, 2.05) is 42.5 Å². The molecule has 6 heteroatoms. The number of anilines is 1. The summed E-state index contributed by atoms with van der Waals surface area (Å²) in [6.07, 6.45) is 5.44. The van der Waals surface area contributed by atoms with Crippen LogP contribution in [0.1, 0.15) is 34.6 Å². The Morgan fingerprint density at radius 1 is 1.25 bits per heavy atom. The lowest BCUT2D eigenvalue weighted by Crippen LogP contribution is -2.59.